The average molecular weight is 290 g/mol. The van der Waals surface area contributed by atoms with Gasteiger partial charge in [0.2, 0.25) is 5.91 Å². The quantitative estimate of drug-likeness (QED) is 0.832. The first-order valence-electron chi connectivity index (χ1n) is 5.64. The number of amides is 1. The van der Waals surface area contributed by atoms with Gasteiger partial charge in [-0.1, -0.05) is 0 Å². The van der Waals surface area contributed by atoms with Gasteiger partial charge in [0, 0.05) is 26.2 Å². The lowest BCUT2D eigenvalue weighted by Gasteiger charge is -2.22. The summed E-state index contributed by atoms with van der Waals surface area (Å²) in [4.78, 5) is 14.5. The molecule has 0 aromatic heterocycles. The largest absolute Gasteiger partial charge is 0.401 e. The lowest BCUT2D eigenvalue weighted by Crippen LogP contribution is -2.41. The fourth-order valence-electron chi connectivity index (χ4n) is 1.90. The number of carbonyl (C=O) groups excluding carboxylic acids is 1. The van der Waals surface area contributed by atoms with Gasteiger partial charge < -0.3 is 10.2 Å². The van der Waals surface area contributed by atoms with Crippen molar-refractivity contribution in [1.29, 1.82) is 0 Å². The predicted molar refractivity (Wildman–Crippen MR) is 64.9 cm³/mol. The lowest BCUT2D eigenvalue weighted by molar-refractivity contribution is -0.145. The maximum absolute atomic E-state index is 12.2. The first-order valence-corrected chi connectivity index (χ1v) is 5.64. The summed E-state index contributed by atoms with van der Waals surface area (Å²) in [6.07, 6.45) is -3.57. The van der Waals surface area contributed by atoms with Crippen LogP contribution >= 0.6 is 12.4 Å². The van der Waals surface area contributed by atoms with Crippen molar-refractivity contribution in [2.75, 3.05) is 46.3 Å². The Morgan fingerprint density at radius 3 is 2.44 bits per heavy atom. The number of likely N-dealkylation sites (N-methyl/N-ethyl adjacent to an activating group) is 1. The molecule has 0 unspecified atom stereocenters. The zero-order valence-corrected chi connectivity index (χ0v) is 11.1. The second-order valence-corrected chi connectivity index (χ2v) is 4.16. The van der Waals surface area contributed by atoms with Crippen LogP contribution in [-0.2, 0) is 4.79 Å². The molecule has 8 heteroatoms. The molecule has 0 radical (unpaired) electrons. The molecule has 1 aliphatic rings. The Hall–Kier alpha value is -0.530. The van der Waals surface area contributed by atoms with Crippen molar-refractivity contribution in [3.8, 4) is 0 Å². The van der Waals surface area contributed by atoms with Gasteiger partial charge in [0.15, 0.2) is 0 Å². The first-order chi connectivity index (χ1) is 7.92. The van der Waals surface area contributed by atoms with Crippen molar-refractivity contribution in [2.24, 2.45) is 0 Å². The Labute approximate surface area is 111 Å². The molecule has 1 rings (SSSR count). The number of alkyl halides is 3. The van der Waals surface area contributed by atoms with E-state index in [1.165, 1.54) is 4.90 Å². The summed E-state index contributed by atoms with van der Waals surface area (Å²) in [5.74, 6) is -0.0543. The molecule has 0 saturated carbocycles. The minimum Gasteiger partial charge on any atom is -0.340 e. The maximum Gasteiger partial charge on any atom is 0.401 e. The second kappa shape index (κ2) is 7.81. The Bertz CT molecular complexity index is 263. The summed E-state index contributed by atoms with van der Waals surface area (Å²) in [6.45, 7) is 0.934. The van der Waals surface area contributed by atoms with Crippen LogP contribution in [-0.4, -0.2) is 68.2 Å². The molecule has 0 aliphatic carbocycles. The van der Waals surface area contributed by atoms with Crippen LogP contribution in [0.1, 0.15) is 6.42 Å². The van der Waals surface area contributed by atoms with Crippen LogP contribution in [0.3, 0.4) is 0 Å². The van der Waals surface area contributed by atoms with Gasteiger partial charge in [0.25, 0.3) is 0 Å². The Kier molecular flexibility index (Phi) is 7.58. The third kappa shape index (κ3) is 6.42. The molecule has 18 heavy (non-hydrogen) atoms. The number of carbonyl (C=O) groups is 1. The van der Waals surface area contributed by atoms with E-state index < -0.39 is 12.7 Å². The van der Waals surface area contributed by atoms with Crippen LogP contribution in [0.4, 0.5) is 13.2 Å². The van der Waals surface area contributed by atoms with Crippen molar-refractivity contribution in [3.63, 3.8) is 0 Å². The molecule has 4 nitrogen and oxygen atoms in total. The van der Waals surface area contributed by atoms with Crippen LogP contribution in [0.25, 0.3) is 0 Å². The fraction of sp³-hybridized carbons (Fsp3) is 0.900. The summed E-state index contributed by atoms with van der Waals surface area (Å²) in [6, 6.07) is 0. The van der Waals surface area contributed by atoms with Gasteiger partial charge >= 0.3 is 6.18 Å². The highest BCUT2D eigenvalue weighted by Gasteiger charge is 2.31. The van der Waals surface area contributed by atoms with Crippen molar-refractivity contribution in [2.45, 2.75) is 12.6 Å². The standard InChI is InChI=1S/C10H18F3N3O.ClH/c1-14-7-9(17)16-4-2-3-15(5-6-16)8-10(11,12)13;/h14H,2-8H2,1H3;1H. The van der Waals surface area contributed by atoms with Crippen molar-refractivity contribution >= 4 is 18.3 Å². The zero-order chi connectivity index (χ0) is 12.9. The topological polar surface area (TPSA) is 35.6 Å². The van der Waals surface area contributed by atoms with Crippen LogP contribution in [0.15, 0.2) is 0 Å². The molecule has 1 amide bonds. The van der Waals surface area contributed by atoms with Crippen LogP contribution in [0.2, 0.25) is 0 Å². The monoisotopic (exact) mass is 289 g/mol. The van der Waals surface area contributed by atoms with Crippen LogP contribution < -0.4 is 5.32 Å². The van der Waals surface area contributed by atoms with E-state index in [1.54, 1.807) is 11.9 Å². The summed E-state index contributed by atoms with van der Waals surface area (Å²) >= 11 is 0. The first kappa shape index (κ1) is 17.5. The highest BCUT2D eigenvalue weighted by molar-refractivity contribution is 5.85. The molecule has 1 saturated heterocycles. The summed E-state index contributed by atoms with van der Waals surface area (Å²) in [5.41, 5.74) is 0. The molecule has 1 fully saturated rings. The molecular weight excluding hydrogens is 271 g/mol. The van der Waals surface area contributed by atoms with E-state index in [9.17, 15) is 18.0 Å². The minimum absolute atomic E-state index is 0. The predicted octanol–water partition coefficient (Wildman–Crippen LogP) is 0.724. The van der Waals surface area contributed by atoms with E-state index in [-0.39, 0.29) is 31.4 Å². The van der Waals surface area contributed by atoms with Gasteiger partial charge in [-0.05, 0) is 13.5 Å². The normalized spacial score (nSPS) is 18.1. The third-order valence-corrected chi connectivity index (χ3v) is 2.67. The van der Waals surface area contributed by atoms with E-state index in [2.05, 4.69) is 5.32 Å². The fourth-order valence-corrected chi connectivity index (χ4v) is 1.90. The lowest BCUT2D eigenvalue weighted by atomic mass is 10.3. The zero-order valence-electron chi connectivity index (χ0n) is 10.3. The number of rotatable bonds is 3. The van der Waals surface area contributed by atoms with E-state index in [0.29, 0.717) is 26.1 Å². The van der Waals surface area contributed by atoms with Gasteiger partial charge in [0.1, 0.15) is 0 Å². The number of nitrogens with zero attached hydrogens (tertiary/aromatic N) is 2. The van der Waals surface area contributed by atoms with E-state index in [4.69, 9.17) is 0 Å². The molecule has 0 atom stereocenters. The molecule has 108 valence electrons. The molecule has 0 aromatic carbocycles. The molecule has 0 aromatic rings. The van der Waals surface area contributed by atoms with Crippen molar-refractivity contribution in [3.05, 3.63) is 0 Å². The molecule has 1 aliphatic heterocycles. The van der Waals surface area contributed by atoms with Crippen LogP contribution in [0, 0.1) is 0 Å². The average Bonchev–Trinajstić information content (AvgIpc) is 2.41. The second-order valence-electron chi connectivity index (χ2n) is 4.16. The molecule has 0 bridgehead atoms. The third-order valence-electron chi connectivity index (χ3n) is 2.67. The maximum atomic E-state index is 12.2. The number of hydrogen-bond donors (Lipinski definition) is 1. The minimum atomic E-state index is -4.16. The highest BCUT2D eigenvalue weighted by atomic mass is 35.5. The Balaban J connectivity index is 0.00000289. The highest BCUT2D eigenvalue weighted by Crippen LogP contribution is 2.17. The van der Waals surface area contributed by atoms with E-state index in [1.807, 2.05) is 0 Å². The number of hydrogen-bond acceptors (Lipinski definition) is 3. The van der Waals surface area contributed by atoms with Gasteiger partial charge in [-0.15, -0.1) is 12.4 Å². The van der Waals surface area contributed by atoms with E-state index >= 15 is 0 Å². The van der Waals surface area contributed by atoms with E-state index in [0.717, 1.165) is 0 Å². The molecule has 1 N–H and O–H groups in total. The SMILES string of the molecule is CNCC(=O)N1CCCN(CC(F)(F)F)CC1.Cl. The van der Waals surface area contributed by atoms with Crippen molar-refractivity contribution < 1.29 is 18.0 Å². The Morgan fingerprint density at radius 1 is 1.22 bits per heavy atom. The van der Waals surface area contributed by atoms with Gasteiger partial charge in [-0.25, -0.2) is 0 Å². The summed E-state index contributed by atoms with van der Waals surface area (Å²) < 4.78 is 36.7. The summed E-state index contributed by atoms with van der Waals surface area (Å²) in [5, 5.41) is 2.75. The smallest absolute Gasteiger partial charge is 0.340 e. The van der Waals surface area contributed by atoms with Crippen LogP contribution in [0.5, 0.6) is 0 Å². The van der Waals surface area contributed by atoms with Gasteiger partial charge in [-0.3, -0.25) is 9.69 Å². The van der Waals surface area contributed by atoms with Gasteiger partial charge in [0.05, 0.1) is 13.1 Å². The number of halogens is 4. The molecule has 0 spiro atoms. The Morgan fingerprint density at radius 2 is 1.89 bits per heavy atom. The summed E-state index contributed by atoms with van der Waals surface area (Å²) in [7, 11) is 1.67. The molecule has 1 heterocycles. The van der Waals surface area contributed by atoms with Crippen molar-refractivity contribution in [1.82, 2.24) is 15.1 Å². The number of nitrogens with one attached hydrogen (secondary N) is 1. The molecular formula is C10H19ClF3N3O. The van der Waals surface area contributed by atoms with Gasteiger partial charge in [-0.2, -0.15) is 13.2 Å².